The van der Waals surface area contributed by atoms with E-state index in [2.05, 4.69) is 10.2 Å². The molecule has 1 aromatic rings. The summed E-state index contributed by atoms with van der Waals surface area (Å²) < 4.78 is 1.94. The Morgan fingerprint density at radius 1 is 1.67 bits per heavy atom. The van der Waals surface area contributed by atoms with E-state index >= 15 is 0 Å². The first-order chi connectivity index (χ1) is 8.58. The highest BCUT2D eigenvalue weighted by molar-refractivity contribution is 7.99. The molecule has 0 radical (unpaired) electrons. The lowest BCUT2D eigenvalue weighted by Gasteiger charge is -2.15. The zero-order chi connectivity index (χ0) is 13.1. The lowest BCUT2D eigenvalue weighted by molar-refractivity contribution is -0.127. The second-order valence-corrected chi connectivity index (χ2v) is 5.63. The number of β-amino-alcohol motifs (C(OH)–C–C–N with tert-alkyl or cyclic N) is 1. The third kappa shape index (κ3) is 3.02. The van der Waals surface area contributed by atoms with E-state index in [1.54, 1.807) is 11.2 Å². The Morgan fingerprint density at radius 2 is 2.44 bits per heavy atom. The van der Waals surface area contributed by atoms with Gasteiger partial charge in [-0.3, -0.25) is 4.79 Å². The van der Waals surface area contributed by atoms with Crippen molar-refractivity contribution in [3.05, 3.63) is 6.33 Å². The number of nitrogens with zero attached hydrogens (tertiary/aromatic N) is 4. The quantitative estimate of drug-likeness (QED) is 0.809. The Kier molecular flexibility index (Phi) is 4.23. The molecule has 1 aliphatic rings. The predicted molar refractivity (Wildman–Crippen MR) is 68.3 cm³/mol. The summed E-state index contributed by atoms with van der Waals surface area (Å²) in [5.74, 6) is 0.396. The molecule has 1 N–H and O–H groups in total. The molecule has 0 aliphatic carbocycles. The van der Waals surface area contributed by atoms with Crippen LogP contribution in [-0.4, -0.2) is 55.6 Å². The van der Waals surface area contributed by atoms with Crippen LogP contribution in [0.25, 0.3) is 0 Å². The third-order valence-corrected chi connectivity index (χ3v) is 3.88. The van der Waals surface area contributed by atoms with Crippen LogP contribution in [0, 0.1) is 0 Å². The molecule has 7 heteroatoms. The zero-order valence-corrected chi connectivity index (χ0v) is 11.4. The van der Waals surface area contributed by atoms with Crippen LogP contribution in [0.3, 0.4) is 0 Å². The van der Waals surface area contributed by atoms with Crippen LogP contribution in [0.4, 0.5) is 0 Å². The number of carbonyl (C=O) groups excluding carboxylic acids is 1. The van der Waals surface area contributed by atoms with Crippen LogP contribution in [-0.2, 0) is 4.79 Å². The molecule has 0 saturated carbocycles. The van der Waals surface area contributed by atoms with Gasteiger partial charge in [0.05, 0.1) is 11.9 Å². The monoisotopic (exact) mass is 270 g/mol. The molecule has 2 heterocycles. The Morgan fingerprint density at radius 3 is 3.06 bits per heavy atom. The first-order valence-electron chi connectivity index (χ1n) is 6.06. The van der Waals surface area contributed by atoms with Gasteiger partial charge in [-0.15, -0.1) is 10.2 Å². The maximum atomic E-state index is 11.9. The third-order valence-electron chi connectivity index (χ3n) is 2.94. The maximum Gasteiger partial charge on any atom is 0.233 e. The van der Waals surface area contributed by atoms with E-state index < -0.39 is 0 Å². The molecular weight excluding hydrogens is 252 g/mol. The molecule has 18 heavy (non-hydrogen) atoms. The number of rotatable bonds is 4. The van der Waals surface area contributed by atoms with E-state index in [4.69, 9.17) is 0 Å². The summed E-state index contributed by atoms with van der Waals surface area (Å²) >= 11 is 1.39. The van der Waals surface area contributed by atoms with Crippen molar-refractivity contribution in [3.63, 3.8) is 0 Å². The number of aromatic nitrogens is 3. The van der Waals surface area contributed by atoms with Crippen molar-refractivity contribution in [2.45, 2.75) is 37.6 Å². The predicted octanol–water partition coefficient (Wildman–Crippen LogP) is 0.544. The topological polar surface area (TPSA) is 71.2 Å². The van der Waals surface area contributed by atoms with Gasteiger partial charge in [0.2, 0.25) is 5.91 Å². The molecule has 1 fully saturated rings. The number of aliphatic hydroxyl groups excluding tert-OH is 1. The number of amides is 1. The summed E-state index contributed by atoms with van der Waals surface area (Å²) in [5.41, 5.74) is 0. The molecule has 0 spiro atoms. The van der Waals surface area contributed by atoms with Crippen molar-refractivity contribution in [2.24, 2.45) is 0 Å². The van der Waals surface area contributed by atoms with Gasteiger partial charge < -0.3 is 14.6 Å². The van der Waals surface area contributed by atoms with E-state index in [0.29, 0.717) is 25.3 Å². The van der Waals surface area contributed by atoms with Gasteiger partial charge in [0.15, 0.2) is 5.16 Å². The molecule has 1 amide bonds. The smallest absolute Gasteiger partial charge is 0.233 e. The van der Waals surface area contributed by atoms with Crippen molar-refractivity contribution in [2.75, 3.05) is 18.8 Å². The first-order valence-corrected chi connectivity index (χ1v) is 7.04. The average molecular weight is 270 g/mol. The van der Waals surface area contributed by atoms with Crippen LogP contribution in [0.15, 0.2) is 11.5 Å². The summed E-state index contributed by atoms with van der Waals surface area (Å²) in [5, 5.41) is 18.0. The average Bonchev–Trinajstić information content (AvgIpc) is 2.94. The number of aliphatic hydroxyl groups is 1. The normalized spacial score (nSPS) is 19.8. The van der Waals surface area contributed by atoms with E-state index in [9.17, 15) is 9.90 Å². The number of hydrogen-bond acceptors (Lipinski definition) is 5. The van der Waals surface area contributed by atoms with E-state index in [1.807, 2.05) is 18.4 Å². The molecule has 100 valence electrons. The van der Waals surface area contributed by atoms with Crippen LogP contribution in [0.2, 0.25) is 0 Å². The highest BCUT2D eigenvalue weighted by Gasteiger charge is 2.24. The number of hydrogen-bond donors (Lipinski definition) is 1. The fourth-order valence-corrected chi connectivity index (χ4v) is 2.82. The molecule has 0 bridgehead atoms. The Labute approximate surface area is 110 Å². The van der Waals surface area contributed by atoms with Gasteiger partial charge in [0, 0.05) is 19.1 Å². The SMILES string of the molecule is CC(C)n1cnnc1SCC(=O)N1CCC(O)C1. The second-order valence-electron chi connectivity index (χ2n) is 4.69. The minimum atomic E-state index is -0.363. The Bertz CT molecular complexity index is 421. The van der Waals surface area contributed by atoms with Crippen molar-refractivity contribution < 1.29 is 9.90 Å². The van der Waals surface area contributed by atoms with Crippen molar-refractivity contribution in [3.8, 4) is 0 Å². The van der Waals surface area contributed by atoms with Crippen LogP contribution in [0.1, 0.15) is 26.3 Å². The highest BCUT2D eigenvalue weighted by Crippen LogP contribution is 2.20. The fourth-order valence-electron chi connectivity index (χ4n) is 1.88. The summed E-state index contributed by atoms with van der Waals surface area (Å²) in [4.78, 5) is 13.6. The van der Waals surface area contributed by atoms with Gasteiger partial charge in [0.25, 0.3) is 0 Å². The number of carbonyl (C=O) groups is 1. The molecule has 2 rings (SSSR count). The van der Waals surface area contributed by atoms with Crippen molar-refractivity contribution >= 4 is 17.7 Å². The molecule has 0 aromatic carbocycles. The largest absolute Gasteiger partial charge is 0.391 e. The molecule has 1 aromatic heterocycles. The minimum Gasteiger partial charge on any atom is -0.391 e. The van der Waals surface area contributed by atoms with E-state index in [1.165, 1.54) is 11.8 Å². The summed E-state index contributed by atoms with van der Waals surface area (Å²) in [6.07, 6.45) is 1.99. The highest BCUT2D eigenvalue weighted by atomic mass is 32.2. The lowest BCUT2D eigenvalue weighted by Crippen LogP contribution is -2.31. The van der Waals surface area contributed by atoms with Gasteiger partial charge in [0.1, 0.15) is 6.33 Å². The van der Waals surface area contributed by atoms with Gasteiger partial charge in [-0.1, -0.05) is 11.8 Å². The van der Waals surface area contributed by atoms with E-state index in [-0.39, 0.29) is 18.1 Å². The molecular formula is C11H18N4O2S. The van der Waals surface area contributed by atoms with Crippen LogP contribution < -0.4 is 0 Å². The molecule has 1 aliphatic heterocycles. The van der Waals surface area contributed by atoms with Crippen molar-refractivity contribution in [1.82, 2.24) is 19.7 Å². The van der Waals surface area contributed by atoms with Crippen molar-refractivity contribution in [1.29, 1.82) is 0 Å². The summed E-state index contributed by atoms with van der Waals surface area (Å²) in [6.45, 7) is 5.20. The number of likely N-dealkylation sites (tertiary alicyclic amines) is 1. The number of thioether (sulfide) groups is 1. The zero-order valence-electron chi connectivity index (χ0n) is 10.6. The van der Waals surface area contributed by atoms with Crippen LogP contribution in [0.5, 0.6) is 0 Å². The molecule has 1 atom stereocenters. The van der Waals surface area contributed by atoms with Crippen LogP contribution >= 0.6 is 11.8 Å². The van der Waals surface area contributed by atoms with Gasteiger partial charge in [-0.2, -0.15) is 0 Å². The second kappa shape index (κ2) is 5.71. The first kappa shape index (κ1) is 13.4. The lowest BCUT2D eigenvalue weighted by atomic mass is 10.3. The van der Waals surface area contributed by atoms with Gasteiger partial charge in [-0.25, -0.2) is 0 Å². The minimum absolute atomic E-state index is 0.0508. The Balaban J connectivity index is 1.87. The Hall–Kier alpha value is -1.08. The van der Waals surface area contributed by atoms with Gasteiger partial charge in [-0.05, 0) is 20.3 Å². The molecule has 1 saturated heterocycles. The summed E-state index contributed by atoms with van der Waals surface area (Å²) in [6, 6.07) is 0.284. The van der Waals surface area contributed by atoms with E-state index in [0.717, 1.165) is 5.16 Å². The maximum absolute atomic E-state index is 11.9. The van der Waals surface area contributed by atoms with Gasteiger partial charge >= 0.3 is 0 Å². The molecule has 1 unspecified atom stereocenters. The summed E-state index contributed by atoms with van der Waals surface area (Å²) in [7, 11) is 0. The fraction of sp³-hybridized carbons (Fsp3) is 0.727. The standard InChI is InChI=1S/C11H18N4O2S/c1-8(2)15-7-12-13-11(15)18-6-10(17)14-4-3-9(16)5-14/h7-9,16H,3-6H2,1-2H3. The molecule has 6 nitrogen and oxygen atoms in total.